The average Bonchev–Trinajstić information content (AvgIpc) is 3.33. The first kappa shape index (κ1) is 23.8. The van der Waals surface area contributed by atoms with E-state index in [9.17, 15) is 19.8 Å². The van der Waals surface area contributed by atoms with Crippen LogP contribution in [0, 0.1) is 0 Å². The molecule has 6 heterocycles. The van der Waals surface area contributed by atoms with Crippen molar-refractivity contribution in [2.45, 2.75) is 45.2 Å². The van der Waals surface area contributed by atoms with Crippen LogP contribution in [0.4, 0.5) is 0 Å². The minimum Gasteiger partial charge on any atom is -0.486 e. The molecule has 39 heavy (non-hydrogen) atoms. The Morgan fingerprint density at radius 1 is 1.05 bits per heavy atom. The van der Waals surface area contributed by atoms with Crippen molar-refractivity contribution >= 4 is 16.9 Å². The van der Waals surface area contributed by atoms with Crippen molar-refractivity contribution in [1.29, 1.82) is 0 Å². The van der Waals surface area contributed by atoms with Gasteiger partial charge in [-0.25, -0.2) is 14.3 Å². The van der Waals surface area contributed by atoms with Crippen LogP contribution in [0.3, 0.4) is 0 Å². The van der Waals surface area contributed by atoms with Crippen LogP contribution in [0.15, 0.2) is 47.5 Å². The Kier molecular flexibility index (Phi) is 5.26. The molecule has 0 unspecified atom stereocenters. The number of aliphatic hydroxyl groups is 2. The average molecular weight is 529 g/mol. The quantitative estimate of drug-likeness (QED) is 0.267. The van der Waals surface area contributed by atoms with E-state index in [-0.39, 0.29) is 42.9 Å². The van der Waals surface area contributed by atoms with Crippen LogP contribution >= 0.6 is 0 Å². The van der Waals surface area contributed by atoms with Crippen LogP contribution in [-0.2, 0) is 41.4 Å². The molecule has 198 valence electrons. The number of carbonyl (C=O) groups is 1. The first-order valence-electron chi connectivity index (χ1n) is 12.9. The van der Waals surface area contributed by atoms with Gasteiger partial charge in [-0.15, -0.1) is 0 Å². The summed E-state index contributed by atoms with van der Waals surface area (Å²) in [5.74, 6) is 0.499. The van der Waals surface area contributed by atoms with E-state index in [0.29, 0.717) is 48.2 Å². The number of rotatable bonds is 4. The summed E-state index contributed by atoms with van der Waals surface area (Å²) in [4.78, 5) is 31.2. The second-order valence-electron chi connectivity index (χ2n) is 10.1. The maximum absolute atomic E-state index is 13.7. The van der Waals surface area contributed by atoms with Gasteiger partial charge in [-0.2, -0.15) is 0 Å². The third-order valence-electron chi connectivity index (χ3n) is 7.95. The molecule has 4 aromatic rings. The van der Waals surface area contributed by atoms with E-state index >= 15 is 0 Å². The number of aromatic nitrogens is 3. The summed E-state index contributed by atoms with van der Waals surface area (Å²) in [6.45, 7) is 3.13. The SMILES string of the molecule is CC[C@@]1(O)C(=O)OCc2c1cc1n(c2=O)Cc2c-1nc1cc3c(cc1c2C[n+]1ccc(CO)cc1)OCCO3. The zero-order chi connectivity index (χ0) is 26.9. The number of pyridine rings is 3. The third-order valence-corrected chi connectivity index (χ3v) is 7.95. The molecule has 3 aromatic heterocycles. The van der Waals surface area contributed by atoms with Gasteiger partial charge in [0, 0.05) is 40.3 Å². The van der Waals surface area contributed by atoms with E-state index in [4.69, 9.17) is 19.2 Å². The first-order chi connectivity index (χ1) is 18.9. The zero-order valence-electron chi connectivity index (χ0n) is 21.3. The molecule has 0 fully saturated rings. The molecule has 3 aliphatic heterocycles. The Labute approximate surface area is 222 Å². The van der Waals surface area contributed by atoms with E-state index in [1.165, 1.54) is 0 Å². The van der Waals surface area contributed by atoms with Gasteiger partial charge in [0.1, 0.15) is 19.8 Å². The predicted molar refractivity (Wildman–Crippen MR) is 137 cm³/mol. The number of cyclic esters (lactones) is 1. The maximum Gasteiger partial charge on any atom is 0.343 e. The Morgan fingerprint density at radius 3 is 2.51 bits per heavy atom. The second-order valence-corrected chi connectivity index (χ2v) is 10.1. The van der Waals surface area contributed by atoms with E-state index in [2.05, 4.69) is 0 Å². The molecule has 1 atom stereocenters. The van der Waals surface area contributed by atoms with E-state index < -0.39 is 11.6 Å². The fraction of sp³-hybridized carbons (Fsp3) is 0.310. The van der Waals surface area contributed by atoms with Gasteiger partial charge >= 0.3 is 5.97 Å². The summed E-state index contributed by atoms with van der Waals surface area (Å²) >= 11 is 0. The van der Waals surface area contributed by atoms with Gasteiger partial charge < -0.3 is 29.0 Å². The molecule has 0 saturated heterocycles. The minimum atomic E-state index is -1.89. The van der Waals surface area contributed by atoms with Crippen molar-refractivity contribution in [3.05, 3.63) is 80.9 Å². The van der Waals surface area contributed by atoms with Gasteiger partial charge in [-0.05, 0) is 24.1 Å². The topological polar surface area (TPSA) is 124 Å². The molecule has 1 aromatic carbocycles. The van der Waals surface area contributed by atoms with Crippen molar-refractivity contribution in [3.8, 4) is 22.9 Å². The molecule has 7 rings (SSSR count). The summed E-state index contributed by atoms with van der Waals surface area (Å²) in [7, 11) is 0. The zero-order valence-corrected chi connectivity index (χ0v) is 21.3. The number of fused-ring (bicyclic) bond motifs is 6. The van der Waals surface area contributed by atoms with Crippen molar-refractivity contribution < 1.29 is 33.8 Å². The fourth-order valence-corrected chi connectivity index (χ4v) is 5.76. The summed E-state index contributed by atoms with van der Waals surface area (Å²) in [5, 5.41) is 21.5. The first-order valence-corrected chi connectivity index (χ1v) is 12.9. The van der Waals surface area contributed by atoms with Crippen LogP contribution in [0.25, 0.3) is 22.3 Å². The Bertz CT molecular complexity index is 1750. The van der Waals surface area contributed by atoms with E-state index in [0.717, 1.165) is 22.1 Å². The predicted octanol–water partition coefficient (Wildman–Crippen LogP) is 1.68. The molecule has 10 nitrogen and oxygen atoms in total. The summed E-state index contributed by atoms with van der Waals surface area (Å²) in [6, 6.07) is 9.23. The van der Waals surface area contributed by atoms with Gasteiger partial charge in [0.05, 0.1) is 35.6 Å². The van der Waals surface area contributed by atoms with Gasteiger partial charge in [0.2, 0.25) is 0 Å². The Morgan fingerprint density at radius 2 is 1.79 bits per heavy atom. The van der Waals surface area contributed by atoms with Crippen molar-refractivity contribution in [1.82, 2.24) is 9.55 Å². The lowest BCUT2D eigenvalue weighted by atomic mass is 9.86. The number of hydrogen-bond acceptors (Lipinski definition) is 8. The smallest absolute Gasteiger partial charge is 0.343 e. The Balaban J connectivity index is 1.47. The van der Waals surface area contributed by atoms with Crippen molar-refractivity contribution in [3.63, 3.8) is 0 Å². The van der Waals surface area contributed by atoms with Crippen LogP contribution in [0.2, 0.25) is 0 Å². The normalized spacial score (nSPS) is 18.9. The summed E-state index contributed by atoms with van der Waals surface area (Å²) < 4.78 is 20.5. The molecule has 0 saturated carbocycles. The number of aliphatic hydroxyl groups excluding tert-OH is 1. The number of benzene rings is 1. The summed E-state index contributed by atoms with van der Waals surface area (Å²) in [6.07, 6.45) is 3.88. The molecule has 0 bridgehead atoms. The second kappa shape index (κ2) is 8.62. The number of hydrogen-bond donors (Lipinski definition) is 2. The molecule has 0 spiro atoms. The highest BCUT2D eigenvalue weighted by atomic mass is 16.6. The fourth-order valence-electron chi connectivity index (χ4n) is 5.76. The van der Waals surface area contributed by atoms with Crippen molar-refractivity contribution in [2.75, 3.05) is 13.2 Å². The molecular weight excluding hydrogens is 502 g/mol. The van der Waals surface area contributed by atoms with Crippen LogP contribution < -0.4 is 19.6 Å². The monoisotopic (exact) mass is 528 g/mol. The highest BCUT2D eigenvalue weighted by Crippen LogP contribution is 2.42. The van der Waals surface area contributed by atoms with Crippen LogP contribution in [-0.4, -0.2) is 38.9 Å². The molecule has 0 amide bonds. The van der Waals surface area contributed by atoms with E-state index in [1.54, 1.807) is 17.6 Å². The van der Waals surface area contributed by atoms with Gasteiger partial charge in [-0.1, -0.05) is 6.92 Å². The summed E-state index contributed by atoms with van der Waals surface area (Å²) in [5.41, 5.74) is 2.88. The van der Waals surface area contributed by atoms with Crippen LogP contribution in [0.1, 0.15) is 41.2 Å². The lowest BCUT2D eigenvalue weighted by molar-refractivity contribution is -0.688. The molecule has 3 aliphatic rings. The molecular formula is C29H26N3O7+. The van der Waals surface area contributed by atoms with Gasteiger partial charge in [0.15, 0.2) is 36.0 Å². The number of carbonyl (C=O) groups excluding carboxylic acids is 1. The number of esters is 1. The molecule has 10 heteroatoms. The standard InChI is InChI=1S/C29H26N3O7/c1-2-29(36)21-10-23-26-19(13-32(23)27(34)20(21)15-39-28(29)35)18(12-31-5-3-16(14-33)4-6-31)17-9-24-25(11-22(17)30-26)38-8-7-37-24/h3-6,9-11,33,36H,2,7-8,12-15H2,1H3/q+1/t29-/m0/s1. The number of nitrogens with zero attached hydrogens (tertiary/aromatic N) is 3. The lowest BCUT2D eigenvalue weighted by Gasteiger charge is -2.31. The maximum atomic E-state index is 13.7. The minimum absolute atomic E-state index is 0.0445. The highest BCUT2D eigenvalue weighted by molar-refractivity contribution is 5.91. The van der Waals surface area contributed by atoms with Gasteiger partial charge in [0.25, 0.3) is 5.56 Å². The van der Waals surface area contributed by atoms with Gasteiger partial charge in [-0.3, -0.25) is 4.79 Å². The molecule has 0 aliphatic carbocycles. The molecule has 0 radical (unpaired) electrons. The highest BCUT2D eigenvalue weighted by Gasteiger charge is 2.45. The van der Waals surface area contributed by atoms with Crippen molar-refractivity contribution in [2.24, 2.45) is 0 Å². The largest absolute Gasteiger partial charge is 0.486 e. The Hall–Kier alpha value is -4.28. The lowest BCUT2D eigenvalue weighted by Crippen LogP contribution is -2.44. The number of ether oxygens (including phenoxy) is 3. The van der Waals surface area contributed by atoms with E-state index in [1.807, 2.05) is 41.2 Å². The molecule has 2 N–H and O–H groups in total. The van der Waals surface area contributed by atoms with Crippen LogP contribution in [0.5, 0.6) is 11.5 Å². The third kappa shape index (κ3) is 3.48.